The highest BCUT2D eigenvalue weighted by atomic mass is 79.9. The van der Waals surface area contributed by atoms with Crippen LogP contribution < -0.4 is 5.73 Å². The summed E-state index contributed by atoms with van der Waals surface area (Å²) in [6, 6.07) is 4.75. The van der Waals surface area contributed by atoms with E-state index in [2.05, 4.69) is 28.1 Å². The van der Waals surface area contributed by atoms with Gasteiger partial charge in [0.05, 0.1) is 0 Å². The molecule has 0 heterocycles. The van der Waals surface area contributed by atoms with Crippen LogP contribution in [0.1, 0.15) is 42.4 Å². The van der Waals surface area contributed by atoms with Crippen molar-refractivity contribution >= 4 is 15.9 Å². The number of nitrogens with two attached hydrogens (primary N) is 1. The van der Waals surface area contributed by atoms with Crippen molar-refractivity contribution in [3.8, 4) is 0 Å². The Balaban J connectivity index is 2.05. The Labute approximate surface area is 106 Å². The summed E-state index contributed by atoms with van der Waals surface area (Å²) in [7, 11) is 0. The van der Waals surface area contributed by atoms with Gasteiger partial charge >= 0.3 is 0 Å². The van der Waals surface area contributed by atoms with Gasteiger partial charge in [0.15, 0.2) is 0 Å². The predicted octanol–water partition coefficient (Wildman–Crippen LogP) is 3.32. The van der Waals surface area contributed by atoms with Crippen LogP contribution in [-0.2, 0) is 18.3 Å². The van der Waals surface area contributed by atoms with Crippen LogP contribution >= 0.6 is 15.9 Å². The van der Waals surface area contributed by atoms with E-state index in [1.54, 1.807) is 11.1 Å². The summed E-state index contributed by atoms with van der Waals surface area (Å²) < 4.78 is 1.32. The molecule has 0 aliphatic heterocycles. The molecule has 1 nitrogen and oxygen atoms in total. The van der Waals surface area contributed by atoms with E-state index in [-0.39, 0.29) is 0 Å². The highest BCUT2D eigenvalue weighted by Crippen LogP contribution is 2.48. The molecule has 1 fully saturated rings. The summed E-state index contributed by atoms with van der Waals surface area (Å²) in [5, 5.41) is 0. The SMILES string of the molecule is NCC1(c2cc(Br)c3c(c2)CCCC3)CC1. The second-order valence-electron chi connectivity index (χ2n) is 5.29. The van der Waals surface area contributed by atoms with Gasteiger partial charge in [-0.3, -0.25) is 0 Å². The Morgan fingerprint density at radius 2 is 1.94 bits per heavy atom. The summed E-state index contributed by atoms with van der Waals surface area (Å²) >= 11 is 3.74. The molecule has 1 saturated carbocycles. The monoisotopic (exact) mass is 279 g/mol. The highest BCUT2D eigenvalue weighted by Gasteiger charge is 2.43. The third kappa shape index (κ3) is 1.63. The zero-order valence-electron chi connectivity index (χ0n) is 9.56. The lowest BCUT2D eigenvalue weighted by Crippen LogP contribution is -2.20. The molecule has 0 atom stereocenters. The van der Waals surface area contributed by atoms with Crippen LogP contribution in [0.3, 0.4) is 0 Å². The van der Waals surface area contributed by atoms with E-state index in [0.717, 1.165) is 6.54 Å². The summed E-state index contributed by atoms with van der Waals surface area (Å²) in [6.45, 7) is 0.804. The molecule has 3 rings (SSSR count). The van der Waals surface area contributed by atoms with Crippen LogP contribution in [-0.4, -0.2) is 6.54 Å². The molecule has 0 aromatic heterocycles. The molecular formula is C14H18BrN. The van der Waals surface area contributed by atoms with Crippen molar-refractivity contribution in [2.75, 3.05) is 6.54 Å². The van der Waals surface area contributed by atoms with E-state index in [9.17, 15) is 0 Å². The first kappa shape index (κ1) is 10.8. The molecule has 0 saturated heterocycles. The molecule has 0 bridgehead atoms. The van der Waals surface area contributed by atoms with Crippen molar-refractivity contribution < 1.29 is 0 Å². The Morgan fingerprint density at radius 1 is 1.19 bits per heavy atom. The minimum atomic E-state index is 0.328. The first-order valence-electron chi connectivity index (χ1n) is 6.27. The van der Waals surface area contributed by atoms with E-state index in [4.69, 9.17) is 5.73 Å². The third-order valence-electron chi connectivity index (χ3n) is 4.27. The van der Waals surface area contributed by atoms with Gasteiger partial charge in [-0.25, -0.2) is 0 Å². The number of fused-ring (bicyclic) bond motifs is 1. The average Bonchev–Trinajstić information content (AvgIpc) is 3.10. The van der Waals surface area contributed by atoms with Crippen LogP contribution in [0.2, 0.25) is 0 Å². The number of rotatable bonds is 2. The Kier molecular flexibility index (Phi) is 2.60. The molecule has 2 aliphatic carbocycles. The molecule has 16 heavy (non-hydrogen) atoms. The summed E-state index contributed by atoms with van der Waals surface area (Å²) in [6.07, 6.45) is 7.73. The van der Waals surface area contributed by atoms with Crippen LogP contribution in [0.5, 0.6) is 0 Å². The van der Waals surface area contributed by atoms with Gasteiger partial charge in [-0.1, -0.05) is 22.0 Å². The van der Waals surface area contributed by atoms with Crippen LogP contribution in [0, 0.1) is 0 Å². The van der Waals surface area contributed by atoms with Gasteiger partial charge in [0.2, 0.25) is 0 Å². The highest BCUT2D eigenvalue weighted by molar-refractivity contribution is 9.10. The number of hydrogen-bond acceptors (Lipinski definition) is 1. The van der Waals surface area contributed by atoms with E-state index in [0.29, 0.717) is 5.41 Å². The topological polar surface area (TPSA) is 26.0 Å². The zero-order chi connectivity index (χ0) is 11.2. The van der Waals surface area contributed by atoms with Gasteiger partial charge in [0.1, 0.15) is 0 Å². The molecule has 0 amide bonds. The lowest BCUT2D eigenvalue weighted by molar-refractivity contribution is 0.667. The second kappa shape index (κ2) is 3.85. The van der Waals surface area contributed by atoms with Crippen molar-refractivity contribution in [1.29, 1.82) is 0 Å². The molecular weight excluding hydrogens is 262 g/mol. The number of halogens is 1. The van der Waals surface area contributed by atoms with Crippen LogP contribution in [0.15, 0.2) is 16.6 Å². The fourth-order valence-electron chi connectivity index (χ4n) is 2.88. The van der Waals surface area contributed by atoms with Crippen LogP contribution in [0.4, 0.5) is 0 Å². The van der Waals surface area contributed by atoms with Gasteiger partial charge in [-0.05, 0) is 61.3 Å². The Bertz CT molecular complexity index is 421. The Morgan fingerprint density at radius 3 is 2.62 bits per heavy atom. The smallest absolute Gasteiger partial charge is 0.0213 e. The van der Waals surface area contributed by atoms with Crippen molar-refractivity contribution in [2.45, 2.75) is 43.9 Å². The van der Waals surface area contributed by atoms with Gasteiger partial charge in [-0.15, -0.1) is 0 Å². The first-order valence-corrected chi connectivity index (χ1v) is 7.06. The fourth-order valence-corrected chi connectivity index (χ4v) is 3.58. The first-order chi connectivity index (χ1) is 7.75. The van der Waals surface area contributed by atoms with Gasteiger partial charge in [-0.2, -0.15) is 0 Å². The van der Waals surface area contributed by atoms with E-state index in [1.807, 2.05) is 0 Å². The molecule has 2 N–H and O–H groups in total. The quantitative estimate of drug-likeness (QED) is 0.883. The fraction of sp³-hybridized carbons (Fsp3) is 0.571. The number of aryl methyl sites for hydroxylation is 1. The minimum Gasteiger partial charge on any atom is -0.330 e. The lowest BCUT2D eigenvalue weighted by atomic mass is 9.86. The molecule has 1 aromatic rings. The van der Waals surface area contributed by atoms with Gasteiger partial charge < -0.3 is 5.73 Å². The molecule has 0 unspecified atom stereocenters. The summed E-state index contributed by atoms with van der Waals surface area (Å²) in [5.74, 6) is 0. The lowest BCUT2D eigenvalue weighted by Gasteiger charge is -2.21. The van der Waals surface area contributed by atoms with Crippen molar-refractivity contribution in [3.05, 3.63) is 33.3 Å². The maximum atomic E-state index is 5.91. The average molecular weight is 280 g/mol. The maximum absolute atomic E-state index is 5.91. The Hall–Kier alpha value is -0.340. The standard InChI is InChI=1S/C14H18BrN/c15-13-8-11(14(9-16)5-6-14)7-10-3-1-2-4-12(10)13/h7-8H,1-6,9,16H2. The van der Waals surface area contributed by atoms with Gasteiger partial charge in [0.25, 0.3) is 0 Å². The van der Waals surface area contributed by atoms with Gasteiger partial charge in [0, 0.05) is 16.4 Å². The zero-order valence-corrected chi connectivity index (χ0v) is 11.1. The predicted molar refractivity (Wildman–Crippen MR) is 70.8 cm³/mol. The second-order valence-corrected chi connectivity index (χ2v) is 6.14. The number of benzene rings is 1. The summed E-state index contributed by atoms with van der Waals surface area (Å²) in [4.78, 5) is 0. The molecule has 86 valence electrons. The minimum absolute atomic E-state index is 0.328. The van der Waals surface area contributed by atoms with Crippen molar-refractivity contribution in [3.63, 3.8) is 0 Å². The van der Waals surface area contributed by atoms with E-state index in [1.165, 1.54) is 48.6 Å². The molecule has 2 heteroatoms. The number of hydrogen-bond donors (Lipinski definition) is 1. The van der Waals surface area contributed by atoms with E-state index >= 15 is 0 Å². The molecule has 0 radical (unpaired) electrons. The van der Waals surface area contributed by atoms with Crippen molar-refractivity contribution in [2.24, 2.45) is 5.73 Å². The van der Waals surface area contributed by atoms with E-state index < -0.39 is 0 Å². The largest absolute Gasteiger partial charge is 0.330 e. The van der Waals surface area contributed by atoms with Crippen LogP contribution in [0.25, 0.3) is 0 Å². The maximum Gasteiger partial charge on any atom is 0.0213 e. The molecule has 0 spiro atoms. The summed E-state index contributed by atoms with van der Waals surface area (Å²) in [5.41, 5.74) is 10.8. The normalized spacial score (nSPS) is 21.6. The van der Waals surface area contributed by atoms with Crippen molar-refractivity contribution in [1.82, 2.24) is 0 Å². The molecule has 2 aliphatic rings. The molecule has 1 aromatic carbocycles. The third-order valence-corrected chi connectivity index (χ3v) is 4.97.